The molecule has 0 spiro atoms. The number of hydrogen-bond donors (Lipinski definition) is 1. The smallest absolute Gasteiger partial charge is 0.310 e. The maximum Gasteiger partial charge on any atom is 0.310 e. The second-order valence-corrected chi connectivity index (χ2v) is 3.42. The van der Waals surface area contributed by atoms with Crippen LogP contribution in [0.1, 0.15) is 19.3 Å². The number of carbonyl (C=O) groups is 1. The number of hydrogen-bond acceptors (Lipinski definition) is 4. The fourth-order valence-electron chi connectivity index (χ4n) is 1.29. The summed E-state index contributed by atoms with van der Waals surface area (Å²) in [6.07, 6.45) is 1.13. The Hall–Kier alpha value is -2.11. The van der Waals surface area contributed by atoms with Gasteiger partial charge in [-0.05, 0) is 18.9 Å². The Morgan fingerprint density at radius 3 is 2.71 bits per heavy atom. The van der Waals surface area contributed by atoms with Gasteiger partial charge in [0, 0.05) is 12.5 Å². The first-order valence-corrected chi connectivity index (χ1v) is 5.19. The van der Waals surface area contributed by atoms with Crippen molar-refractivity contribution in [2.75, 3.05) is 6.61 Å². The predicted octanol–water partition coefficient (Wildman–Crippen LogP) is 2.23. The molecule has 0 aliphatic heterocycles. The fourth-order valence-corrected chi connectivity index (χ4v) is 1.29. The van der Waals surface area contributed by atoms with Crippen molar-refractivity contribution in [1.29, 1.82) is 0 Å². The Morgan fingerprint density at radius 1 is 1.35 bits per heavy atom. The van der Waals surface area contributed by atoms with Crippen molar-refractivity contribution >= 4 is 11.7 Å². The molecule has 1 aromatic carbocycles. The molecule has 0 saturated heterocycles. The van der Waals surface area contributed by atoms with E-state index in [4.69, 9.17) is 9.84 Å². The van der Waals surface area contributed by atoms with Gasteiger partial charge in [-0.1, -0.05) is 12.1 Å². The lowest BCUT2D eigenvalue weighted by atomic mass is 10.2. The summed E-state index contributed by atoms with van der Waals surface area (Å²) in [6.45, 7) is 0.276. The van der Waals surface area contributed by atoms with Crippen LogP contribution >= 0.6 is 0 Å². The number of nitro groups is 1. The van der Waals surface area contributed by atoms with Crippen LogP contribution < -0.4 is 4.74 Å². The number of aliphatic carboxylic acids is 1. The number of carboxylic acids is 1. The summed E-state index contributed by atoms with van der Waals surface area (Å²) in [7, 11) is 0. The molecule has 0 aliphatic carbocycles. The molecule has 0 fully saturated rings. The van der Waals surface area contributed by atoms with Gasteiger partial charge in [0.15, 0.2) is 5.75 Å². The molecule has 0 heterocycles. The summed E-state index contributed by atoms with van der Waals surface area (Å²) >= 11 is 0. The highest BCUT2D eigenvalue weighted by Crippen LogP contribution is 2.25. The van der Waals surface area contributed by atoms with E-state index >= 15 is 0 Å². The van der Waals surface area contributed by atoms with Crippen LogP contribution in [0.5, 0.6) is 5.75 Å². The highest BCUT2D eigenvalue weighted by molar-refractivity contribution is 5.66. The number of nitrogens with zero attached hydrogens (tertiary/aromatic N) is 1. The minimum atomic E-state index is -0.851. The number of carboxylic acid groups (broad SMARTS) is 1. The topological polar surface area (TPSA) is 89.7 Å². The van der Waals surface area contributed by atoms with Crippen molar-refractivity contribution in [1.82, 2.24) is 0 Å². The van der Waals surface area contributed by atoms with Crippen LogP contribution in [-0.2, 0) is 4.79 Å². The van der Waals surface area contributed by atoms with Gasteiger partial charge >= 0.3 is 11.7 Å². The molecule has 0 radical (unpaired) electrons. The summed E-state index contributed by atoms with van der Waals surface area (Å²) < 4.78 is 5.25. The number of ether oxygens (including phenoxy) is 1. The maximum absolute atomic E-state index is 10.6. The molecule has 0 amide bonds. The van der Waals surface area contributed by atoms with Gasteiger partial charge < -0.3 is 9.84 Å². The van der Waals surface area contributed by atoms with E-state index in [1.807, 2.05) is 0 Å². The van der Waals surface area contributed by atoms with Gasteiger partial charge in [0.1, 0.15) is 0 Å². The van der Waals surface area contributed by atoms with E-state index < -0.39 is 10.9 Å². The summed E-state index contributed by atoms with van der Waals surface area (Å²) in [5.74, 6) is -0.636. The summed E-state index contributed by atoms with van der Waals surface area (Å²) in [5, 5.41) is 19.1. The average Bonchev–Trinajstić information content (AvgIpc) is 2.28. The Morgan fingerprint density at radius 2 is 2.06 bits per heavy atom. The van der Waals surface area contributed by atoms with Crippen LogP contribution in [0.25, 0.3) is 0 Å². The number of para-hydroxylation sites is 2. The van der Waals surface area contributed by atoms with Gasteiger partial charge in [-0.15, -0.1) is 0 Å². The zero-order valence-corrected chi connectivity index (χ0v) is 9.17. The first-order valence-electron chi connectivity index (χ1n) is 5.19. The van der Waals surface area contributed by atoms with Crippen molar-refractivity contribution in [2.45, 2.75) is 19.3 Å². The minimum Gasteiger partial charge on any atom is -0.487 e. The molecule has 1 aromatic rings. The van der Waals surface area contributed by atoms with Crippen molar-refractivity contribution in [3.8, 4) is 5.75 Å². The monoisotopic (exact) mass is 239 g/mol. The van der Waals surface area contributed by atoms with Crippen molar-refractivity contribution in [2.24, 2.45) is 0 Å². The predicted molar refractivity (Wildman–Crippen MR) is 60.1 cm³/mol. The molecule has 0 saturated carbocycles. The first kappa shape index (κ1) is 13.0. The Bertz CT molecular complexity index is 405. The number of rotatable bonds is 7. The minimum absolute atomic E-state index is 0.0780. The molecular formula is C11H13NO5. The number of benzene rings is 1. The number of unbranched alkanes of at least 4 members (excludes halogenated alkanes) is 1. The van der Waals surface area contributed by atoms with Crippen LogP contribution in [0.15, 0.2) is 24.3 Å². The Balaban J connectivity index is 2.41. The van der Waals surface area contributed by atoms with Gasteiger partial charge in [0.05, 0.1) is 11.5 Å². The van der Waals surface area contributed by atoms with Gasteiger partial charge in [-0.3, -0.25) is 14.9 Å². The van der Waals surface area contributed by atoms with Gasteiger partial charge in [0.2, 0.25) is 0 Å². The molecule has 6 heteroatoms. The second-order valence-electron chi connectivity index (χ2n) is 3.42. The van der Waals surface area contributed by atoms with Crippen molar-refractivity contribution < 1.29 is 19.6 Å². The third-order valence-electron chi connectivity index (χ3n) is 2.10. The normalized spacial score (nSPS) is 9.88. The second kappa shape index (κ2) is 6.47. The van der Waals surface area contributed by atoms with Crippen LogP contribution in [0.3, 0.4) is 0 Å². The standard InChI is InChI=1S/C11H13NO5/c13-11(14)7-3-4-8-17-10-6-2-1-5-9(10)12(15)16/h1-2,5-6H,3-4,7-8H2,(H,13,14). The molecule has 0 bridgehead atoms. The Labute approximate surface area is 98.0 Å². The fraction of sp³-hybridized carbons (Fsp3) is 0.364. The zero-order valence-electron chi connectivity index (χ0n) is 9.17. The van der Waals surface area contributed by atoms with E-state index in [1.54, 1.807) is 12.1 Å². The van der Waals surface area contributed by atoms with E-state index in [2.05, 4.69) is 0 Å². The molecular weight excluding hydrogens is 226 g/mol. The summed E-state index contributed by atoms with van der Waals surface area (Å²) in [5.41, 5.74) is -0.0780. The van der Waals surface area contributed by atoms with Crippen molar-refractivity contribution in [3.05, 3.63) is 34.4 Å². The lowest BCUT2D eigenvalue weighted by Crippen LogP contribution is -2.02. The zero-order chi connectivity index (χ0) is 12.7. The van der Waals surface area contributed by atoms with Crippen LogP contribution in [0, 0.1) is 10.1 Å². The quantitative estimate of drug-likeness (QED) is 0.447. The van der Waals surface area contributed by atoms with Crippen molar-refractivity contribution in [3.63, 3.8) is 0 Å². The third kappa shape index (κ3) is 4.50. The molecule has 0 aromatic heterocycles. The molecule has 6 nitrogen and oxygen atoms in total. The average molecular weight is 239 g/mol. The highest BCUT2D eigenvalue weighted by Gasteiger charge is 2.12. The van der Waals surface area contributed by atoms with E-state index in [0.29, 0.717) is 12.8 Å². The highest BCUT2D eigenvalue weighted by atomic mass is 16.6. The molecule has 1 N–H and O–H groups in total. The van der Waals surface area contributed by atoms with Crippen LogP contribution in [-0.4, -0.2) is 22.6 Å². The van der Waals surface area contributed by atoms with Crippen LogP contribution in [0.4, 0.5) is 5.69 Å². The molecule has 0 unspecified atom stereocenters. The van der Waals surface area contributed by atoms with E-state index in [9.17, 15) is 14.9 Å². The molecule has 17 heavy (non-hydrogen) atoms. The third-order valence-corrected chi connectivity index (χ3v) is 2.10. The molecule has 92 valence electrons. The van der Waals surface area contributed by atoms with E-state index in [-0.39, 0.29) is 24.5 Å². The van der Waals surface area contributed by atoms with Crippen LogP contribution in [0.2, 0.25) is 0 Å². The molecule has 0 atom stereocenters. The summed E-state index contributed by atoms with van der Waals surface area (Å²) in [6, 6.07) is 6.11. The molecule has 1 rings (SSSR count). The lowest BCUT2D eigenvalue weighted by molar-refractivity contribution is -0.385. The maximum atomic E-state index is 10.6. The number of nitro benzene ring substituents is 1. The lowest BCUT2D eigenvalue weighted by Gasteiger charge is -2.05. The summed E-state index contributed by atoms with van der Waals surface area (Å²) in [4.78, 5) is 20.4. The van der Waals surface area contributed by atoms with E-state index in [1.165, 1.54) is 12.1 Å². The van der Waals surface area contributed by atoms with Gasteiger partial charge in [0.25, 0.3) is 0 Å². The Kier molecular flexibility index (Phi) is 4.93. The van der Waals surface area contributed by atoms with Gasteiger partial charge in [-0.25, -0.2) is 0 Å². The molecule has 0 aliphatic rings. The first-order chi connectivity index (χ1) is 8.11. The largest absolute Gasteiger partial charge is 0.487 e. The SMILES string of the molecule is O=C(O)CCCCOc1ccccc1[N+](=O)[O-]. The van der Waals surface area contributed by atoms with Gasteiger partial charge in [-0.2, -0.15) is 0 Å². The van der Waals surface area contributed by atoms with E-state index in [0.717, 1.165) is 0 Å².